The number of hydrogen-bond acceptors (Lipinski definition) is 3. The van der Waals surface area contributed by atoms with E-state index in [0.717, 1.165) is 19.5 Å². The van der Waals surface area contributed by atoms with E-state index in [9.17, 15) is 4.79 Å². The highest BCUT2D eigenvalue weighted by Crippen LogP contribution is 2.18. The van der Waals surface area contributed by atoms with Crippen LogP contribution in [-0.2, 0) is 9.47 Å². The summed E-state index contributed by atoms with van der Waals surface area (Å²) < 4.78 is 10.3. The minimum Gasteiger partial charge on any atom is -0.383 e. The van der Waals surface area contributed by atoms with Gasteiger partial charge in [-0.15, -0.1) is 0 Å². The molecule has 0 aliphatic carbocycles. The van der Waals surface area contributed by atoms with E-state index >= 15 is 0 Å². The Morgan fingerprint density at radius 1 is 1.35 bits per heavy atom. The predicted octanol–water partition coefficient (Wildman–Crippen LogP) is 1.18. The van der Waals surface area contributed by atoms with Gasteiger partial charge in [0.2, 0.25) is 0 Å². The van der Waals surface area contributed by atoms with E-state index in [1.165, 1.54) is 0 Å². The Morgan fingerprint density at radius 2 is 2.06 bits per heavy atom. The lowest BCUT2D eigenvalue weighted by atomic mass is 10.1. The van der Waals surface area contributed by atoms with Crippen LogP contribution >= 0.6 is 0 Å². The van der Waals surface area contributed by atoms with Crippen molar-refractivity contribution in [2.75, 3.05) is 40.5 Å². The molecule has 5 nitrogen and oxygen atoms in total. The Labute approximate surface area is 104 Å². The molecule has 0 spiro atoms. The summed E-state index contributed by atoms with van der Waals surface area (Å²) >= 11 is 0. The van der Waals surface area contributed by atoms with Crippen molar-refractivity contribution in [1.82, 2.24) is 9.80 Å². The molecule has 5 heteroatoms. The highest BCUT2D eigenvalue weighted by atomic mass is 16.5. The van der Waals surface area contributed by atoms with Crippen LogP contribution in [0.2, 0.25) is 0 Å². The zero-order valence-electron chi connectivity index (χ0n) is 11.3. The second kappa shape index (κ2) is 6.81. The fourth-order valence-electron chi connectivity index (χ4n) is 2.28. The van der Waals surface area contributed by atoms with Gasteiger partial charge in [-0.2, -0.15) is 0 Å². The van der Waals surface area contributed by atoms with E-state index in [1.54, 1.807) is 14.2 Å². The highest BCUT2D eigenvalue weighted by molar-refractivity contribution is 5.77. The summed E-state index contributed by atoms with van der Waals surface area (Å²) in [5.41, 5.74) is 0. The van der Waals surface area contributed by atoms with Crippen LogP contribution in [0.5, 0.6) is 0 Å². The van der Waals surface area contributed by atoms with Crippen LogP contribution in [0.4, 0.5) is 4.79 Å². The second-order valence-electron chi connectivity index (χ2n) is 4.37. The van der Waals surface area contributed by atoms with Crippen LogP contribution < -0.4 is 0 Å². The number of rotatable bonds is 7. The normalized spacial score (nSPS) is 19.9. The van der Waals surface area contributed by atoms with Crippen LogP contribution in [0.3, 0.4) is 0 Å². The molecule has 1 fully saturated rings. The van der Waals surface area contributed by atoms with E-state index in [-0.39, 0.29) is 18.2 Å². The number of nitrogens with zero attached hydrogens (tertiary/aromatic N) is 2. The molecule has 2 atom stereocenters. The van der Waals surface area contributed by atoms with Crippen LogP contribution in [0.15, 0.2) is 0 Å². The van der Waals surface area contributed by atoms with Gasteiger partial charge >= 0.3 is 6.03 Å². The molecular formula is C12H24N2O3. The Kier molecular flexibility index (Phi) is 5.71. The molecule has 1 heterocycles. The van der Waals surface area contributed by atoms with Gasteiger partial charge in [0.05, 0.1) is 18.8 Å². The standard InChI is InChI=1S/C12H24N2O3/c1-5-11(10(2)17-4)14-7-6-13(12(14)15)8-9-16-3/h10-11H,5-9H2,1-4H3. The van der Waals surface area contributed by atoms with Crippen LogP contribution in [0.1, 0.15) is 20.3 Å². The van der Waals surface area contributed by atoms with E-state index in [4.69, 9.17) is 9.47 Å². The van der Waals surface area contributed by atoms with E-state index in [0.29, 0.717) is 13.2 Å². The van der Waals surface area contributed by atoms with Gasteiger partial charge < -0.3 is 19.3 Å². The summed E-state index contributed by atoms with van der Waals surface area (Å²) in [4.78, 5) is 15.9. The third-order valence-corrected chi connectivity index (χ3v) is 3.42. The van der Waals surface area contributed by atoms with E-state index in [1.807, 2.05) is 16.7 Å². The molecule has 1 saturated heterocycles. The third-order valence-electron chi connectivity index (χ3n) is 3.42. The molecule has 0 aromatic heterocycles. The molecule has 2 amide bonds. The van der Waals surface area contributed by atoms with Crippen molar-refractivity contribution in [2.24, 2.45) is 0 Å². The second-order valence-corrected chi connectivity index (χ2v) is 4.37. The van der Waals surface area contributed by atoms with Crippen LogP contribution in [0.25, 0.3) is 0 Å². The molecule has 1 rings (SSSR count). The topological polar surface area (TPSA) is 42.0 Å². The molecule has 1 aliphatic rings. The number of methoxy groups -OCH3 is 2. The number of amides is 2. The number of carbonyl (C=O) groups excluding carboxylic acids is 1. The number of hydrogen-bond donors (Lipinski definition) is 0. The molecular weight excluding hydrogens is 220 g/mol. The van der Waals surface area contributed by atoms with Gasteiger partial charge in [-0.25, -0.2) is 4.79 Å². The molecule has 100 valence electrons. The minimum atomic E-state index is 0.0753. The monoisotopic (exact) mass is 244 g/mol. The van der Waals surface area contributed by atoms with Gasteiger partial charge in [0.15, 0.2) is 0 Å². The van der Waals surface area contributed by atoms with Crippen LogP contribution in [-0.4, -0.2) is 68.4 Å². The van der Waals surface area contributed by atoms with Crippen molar-refractivity contribution < 1.29 is 14.3 Å². The lowest BCUT2D eigenvalue weighted by Crippen LogP contribution is -2.45. The summed E-state index contributed by atoms with van der Waals surface area (Å²) in [6, 6.07) is 0.276. The van der Waals surface area contributed by atoms with Gasteiger partial charge in [0, 0.05) is 33.9 Å². The fourth-order valence-corrected chi connectivity index (χ4v) is 2.28. The molecule has 0 aromatic carbocycles. The summed E-state index contributed by atoms with van der Waals surface area (Å²) in [6.07, 6.45) is 0.991. The fraction of sp³-hybridized carbons (Fsp3) is 0.917. The predicted molar refractivity (Wildman–Crippen MR) is 66.1 cm³/mol. The highest BCUT2D eigenvalue weighted by Gasteiger charge is 2.34. The zero-order valence-corrected chi connectivity index (χ0v) is 11.3. The Bertz CT molecular complexity index is 248. The number of urea groups is 1. The summed E-state index contributed by atoms with van der Waals surface area (Å²) in [7, 11) is 3.34. The lowest BCUT2D eigenvalue weighted by molar-refractivity contribution is 0.0435. The first kappa shape index (κ1) is 14.3. The number of ether oxygens (including phenoxy) is 2. The maximum Gasteiger partial charge on any atom is 0.320 e. The molecule has 0 saturated carbocycles. The third kappa shape index (κ3) is 3.33. The SMILES string of the molecule is CCC(C(C)OC)N1CCN(CCOC)C1=O. The van der Waals surface area contributed by atoms with Gasteiger partial charge in [0.25, 0.3) is 0 Å². The Hall–Kier alpha value is -0.810. The zero-order chi connectivity index (χ0) is 12.8. The molecule has 0 aromatic rings. The minimum absolute atomic E-state index is 0.0753. The van der Waals surface area contributed by atoms with Crippen molar-refractivity contribution in [2.45, 2.75) is 32.4 Å². The number of carbonyl (C=O) groups is 1. The van der Waals surface area contributed by atoms with Crippen molar-refractivity contribution in [3.8, 4) is 0 Å². The maximum absolute atomic E-state index is 12.2. The van der Waals surface area contributed by atoms with Crippen molar-refractivity contribution in [3.63, 3.8) is 0 Å². The van der Waals surface area contributed by atoms with E-state index in [2.05, 4.69) is 6.92 Å². The average molecular weight is 244 g/mol. The lowest BCUT2D eigenvalue weighted by Gasteiger charge is -2.31. The van der Waals surface area contributed by atoms with Crippen molar-refractivity contribution in [1.29, 1.82) is 0 Å². The first-order valence-corrected chi connectivity index (χ1v) is 6.23. The Morgan fingerprint density at radius 3 is 2.59 bits per heavy atom. The molecule has 1 aliphatic heterocycles. The van der Waals surface area contributed by atoms with Crippen molar-refractivity contribution >= 4 is 6.03 Å². The Balaban J connectivity index is 2.58. The van der Waals surface area contributed by atoms with Gasteiger partial charge in [0.1, 0.15) is 0 Å². The first-order chi connectivity index (χ1) is 8.15. The van der Waals surface area contributed by atoms with Gasteiger partial charge in [-0.3, -0.25) is 0 Å². The molecule has 17 heavy (non-hydrogen) atoms. The summed E-state index contributed by atoms with van der Waals surface area (Å²) in [5, 5.41) is 0. The smallest absolute Gasteiger partial charge is 0.320 e. The maximum atomic E-state index is 12.2. The summed E-state index contributed by atoms with van der Waals surface area (Å²) in [6.45, 7) is 6.94. The quantitative estimate of drug-likeness (QED) is 0.675. The molecule has 0 radical (unpaired) electrons. The summed E-state index contributed by atoms with van der Waals surface area (Å²) in [5.74, 6) is 0. The molecule has 0 N–H and O–H groups in total. The van der Waals surface area contributed by atoms with E-state index < -0.39 is 0 Å². The first-order valence-electron chi connectivity index (χ1n) is 6.23. The molecule has 0 bridgehead atoms. The van der Waals surface area contributed by atoms with Crippen molar-refractivity contribution in [3.05, 3.63) is 0 Å². The molecule has 2 unspecified atom stereocenters. The van der Waals surface area contributed by atoms with Gasteiger partial charge in [-0.1, -0.05) is 6.92 Å². The average Bonchev–Trinajstić information content (AvgIpc) is 2.69. The van der Waals surface area contributed by atoms with Crippen LogP contribution in [0, 0.1) is 0 Å². The van der Waals surface area contributed by atoms with Gasteiger partial charge in [-0.05, 0) is 13.3 Å². The largest absolute Gasteiger partial charge is 0.383 e.